The number of benzene rings is 1. The Morgan fingerprint density at radius 1 is 1.39 bits per heavy atom. The van der Waals surface area contributed by atoms with Gasteiger partial charge in [-0.25, -0.2) is 0 Å². The number of hydrogen-bond acceptors (Lipinski definition) is 5. The predicted molar refractivity (Wildman–Crippen MR) is 90.3 cm³/mol. The zero-order valence-electron chi connectivity index (χ0n) is 13.6. The van der Waals surface area contributed by atoms with Crippen LogP contribution < -0.4 is 5.73 Å². The van der Waals surface area contributed by atoms with Crippen molar-refractivity contribution in [3.05, 3.63) is 46.6 Å². The molecule has 1 aliphatic heterocycles. The van der Waals surface area contributed by atoms with Crippen LogP contribution in [0, 0.1) is 5.41 Å². The maximum atomic E-state index is 5.90. The Balaban J connectivity index is 1.66. The van der Waals surface area contributed by atoms with Crippen LogP contribution in [0.25, 0.3) is 0 Å². The molecule has 2 atom stereocenters. The normalized spacial score (nSPS) is 23.3. The first-order valence-corrected chi connectivity index (χ1v) is 8.38. The zero-order valence-corrected chi connectivity index (χ0v) is 14.4. The second-order valence-electron chi connectivity index (χ2n) is 6.76. The smallest absolute Gasteiger partial charge is 0.243 e. The quantitative estimate of drug-likeness (QED) is 0.910. The van der Waals surface area contributed by atoms with Gasteiger partial charge in [-0.1, -0.05) is 35.8 Å². The molecule has 124 valence electrons. The van der Waals surface area contributed by atoms with Crippen molar-refractivity contribution in [2.75, 3.05) is 19.6 Å². The van der Waals surface area contributed by atoms with Gasteiger partial charge in [0.2, 0.25) is 5.89 Å². The second-order valence-corrected chi connectivity index (χ2v) is 7.20. The van der Waals surface area contributed by atoms with Crippen LogP contribution in [-0.4, -0.2) is 34.7 Å². The fourth-order valence-electron chi connectivity index (χ4n) is 3.01. The summed E-state index contributed by atoms with van der Waals surface area (Å²) in [7, 11) is 0. The number of hydrogen-bond donors (Lipinski definition) is 1. The highest BCUT2D eigenvalue weighted by Gasteiger charge is 2.36. The molecule has 1 fully saturated rings. The van der Waals surface area contributed by atoms with Gasteiger partial charge >= 0.3 is 0 Å². The van der Waals surface area contributed by atoms with Crippen LogP contribution in [-0.2, 0) is 6.42 Å². The van der Waals surface area contributed by atoms with E-state index in [1.54, 1.807) is 0 Å². The van der Waals surface area contributed by atoms with E-state index in [1.807, 2.05) is 24.3 Å². The maximum absolute atomic E-state index is 5.90. The van der Waals surface area contributed by atoms with Crippen molar-refractivity contribution in [2.24, 2.45) is 11.1 Å². The molecule has 6 heteroatoms. The number of aromatic nitrogens is 2. The van der Waals surface area contributed by atoms with Gasteiger partial charge in [0, 0.05) is 18.0 Å². The van der Waals surface area contributed by atoms with Crippen LogP contribution >= 0.6 is 11.6 Å². The standard InChI is InChI=1S/C17H23ClN4O/c1-12(22-8-7-17(2,10-19)11-22)16-20-15(21-23-16)9-13-3-5-14(18)6-4-13/h3-6,12H,7-11,19H2,1-2H3. The highest BCUT2D eigenvalue weighted by atomic mass is 35.5. The van der Waals surface area contributed by atoms with E-state index in [0.717, 1.165) is 30.1 Å². The molecule has 0 spiro atoms. The highest BCUT2D eigenvalue weighted by Crippen LogP contribution is 2.33. The average molecular weight is 335 g/mol. The van der Waals surface area contributed by atoms with E-state index in [1.165, 1.54) is 0 Å². The molecule has 0 saturated carbocycles. The molecule has 3 rings (SSSR count). The molecular formula is C17H23ClN4O. The molecule has 1 aromatic heterocycles. The summed E-state index contributed by atoms with van der Waals surface area (Å²) in [6.07, 6.45) is 1.76. The third-order valence-electron chi connectivity index (χ3n) is 4.74. The van der Waals surface area contributed by atoms with Gasteiger partial charge in [0.25, 0.3) is 0 Å². The minimum atomic E-state index is 0.120. The molecule has 0 aliphatic carbocycles. The summed E-state index contributed by atoms with van der Waals surface area (Å²) in [4.78, 5) is 6.93. The summed E-state index contributed by atoms with van der Waals surface area (Å²) < 4.78 is 5.48. The molecule has 2 aromatic rings. The van der Waals surface area contributed by atoms with E-state index in [0.29, 0.717) is 24.7 Å². The van der Waals surface area contributed by atoms with Gasteiger partial charge in [-0.15, -0.1) is 0 Å². The SMILES string of the molecule is CC(c1nc(Cc2ccc(Cl)cc2)no1)N1CCC(C)(CN)C1. The Bertz CT molecular complexity index is 657. The van der Waals surface area contributed by atoms with Crippen LogP contribution in [0.15, 0.2) is 28.8 Å². The lowest BCUT2D eigenvalue weighted by Gasteiger charge is -2.25. The monoisotopic (exact) mass is 334 g/mol. The molecule has 0 radical (unpaired) electrons. The largest absolute Gasteiger partial charge is 0.338 e. The van der Waals surface area contributed by atoms with Crippen molar-refractivity contribution in [1.82, 2.24) is 15.0 Å². The Morgan fingerprint density at radius 2 is 2.13 bits per heavy atom. The molecule has 2 unspecified atom stereocenters. The van der Waals surface area contributed by atoms with Gasteiger partial charge in [0.15, 0.2) is 5.82 Å². The molecule has 2 N–H and O–H groups in total. The third-order valence-corrected chi connectivity index (χ3v) is 5.00. The molecule has 1 aromatic carbocycles. The maximum Gasteiger partial charge on any atom is 0.243 e. The number of rotatable bonds is 5. The van der Waals surface area contributed by atoms with E-state index in [4.69, 9.17) is 21.9 Å². The summed E-state index contributed by atoms with van der Waals surface area (Å²) in [6.45, 7) is 7.05. The third kappa shape index (κ3) is 3.74. The summed E-state index contributed by atoms with van der Waals surface area (Å²) >= 11 is 5.90. The van der Waals surface area contributed by atoms with E-state index in [9.17, 15) is 0 Å². The minimum Gasteiger partial charge on any atom is -0.338 e. The number of halogens is 1. The van der Waals surface area contributed by atoms with E-state index >= 15 is 0 Å². The Morgan fingerprint density at radius 3 is 2.78 bits per heavy atom. The van der Waals surface area contributed by atoms with Crippen molar-refractivity contribution < 1.29 is 4.52 Å². The van der Waals surface area contributed by atoms with Gasteiger partial charge in [0.1, 0.15) is 0 Å². The fourth-order valence-corrected chi connectivity index (χ4v) is 3.14. The summed E-state index contributed by atoms with van der Waals surface area (Å²) in [6, 6.07) is 7.83. The average Bonchev–Trinajstić information content (AvgIpc) is 3.17. The van der Waals surface area contributed by atoms with Gasteiger partial charge in [-0.2, -0.15) is 4.98 Å². The van der Waals surface area contributed by atoms with Crippen LogP contribution in [0.3, 0.4) is 0 Å². The van der Waals surface area contributed by atoms with Gasteiger partial charge in [-0.05, 0) is 49.5 Å². The molecular weight excluding hydrogens is 312 g/mol. The first-order chi connectivity index (χ1) is 11.0. The van der Waals surface area contributed by atoms with Crippen LogP contribution in [0.1, 0.15) is 43.6 Å². The van der Waals surface area contributed by atoms with E-state index in [2.05, 4.69) is 28.9 Å². The number of likely N-dealkylation sites (tertiary alicyclic amines) is 1. The first-order valence-electron chi connectivity index (χ1n) is 8.00. The van der Waals surface area contributed by atoms with E-state index in [-0.39, 0.29) is 11.5 Å². The lowest BCUT2D eigenvalue weighted by molar-refractivity contribution is 0.188. The van der Waals surface area contributed by atoms with Crippen molar-refractivity contribution in [2.45, 2.75) is 32.7 Å². The topological polar surface area (TPSA) is 68.2 Å². The molecule has 1 saturated heterocycles. The Kier molecular flexibility index (Phi) is 4.71. The lowest BCUT2D eigenvalue weighted by atomic mass is 9.90. The molecule has 5 nitrogen and oxygen atoms in total. The Labute approximate surface area is 141 Å². The van der Waals surface area contributed by atoms with Crippen molar-refractivity contribution in [1.29, 1.82) is 0 Å². The lowest BCUT2D eigenvalue weighted by Crippen LogP contribution is -2.32. The first kappa shape index (κ1) is 16.4. The minimum absolute atomic E-state index is 0.120. The zero-order chi connectivity index (χ0) is 16.4. The van der Waals surface area contributed by atoms with Crippen LogP contribution in [0.2, 0.25) is 5.02 Å². The van der Waals surface area contributed by atoms with Crippen molar-refractivity contribution >= 4 is 11.6 Å². The van der Waals surface area contributed by atoms with E-state index < -0.39 is 0 Å². The predicted octanol–water partition coefficient (Wildman–Crippen LogP) is 3.05. The molecule has 0 bridgehead atoms. The van der Waals surface area contributed by atoms with Gasteiger partial charge < -0.3 is 10.3 Å². The molecule has 0 amide bonds. The second kappa shape index (κ2) is 6.59. The van der Waals surface area contributed by atoms with Crippen molar-refractivity contribution in [3.63, 3.8) is 0 Å². The Hall–Kier alpha value is -1.43. The molecule has 1 aliphatic rings. The fraction of sp³-hybridized carbons (Fsp3) is 0.529. The summed E-state index contributed by atoms with van der Waals surface area (Å²) in [5, 5.41) is 4.84. The number of nitrogens with zero attached hydrogens (tertiary/aromatic N) is 3. The molecule has 23 heavy (non-hydrogen) atoms. The summed E-state index contributed by atoms with van der Waals surface area (Å²) in [5.41, 5.74) is 7.19. The highest BCUT2D eigenvalue weighted by molar-refractivity contribution is 6.30. The van der Waals surface area contributed by atoms with Gasteiger partial charge in [0.05, 0.1) is 6.04 Å². The van der Waals surface area contributed by atoms with Crippen LogP contribution in [0.5, 0.6) is 0 Å². The van der Waals surface area contributed by atoms with Gasteiger partial charge in [-0.3, -0.25) is 4.90 Å². The van der Waals surface area contributed by atoms with Crippen molar-refractivity contribution in [3.8, 4) is 0 Å². The molecule has 2 heterocycles. The van der Waals surface area contributed by atoms with Crippen LogP contribution in [0.4, 0.5) is 0 Å². The number of nitrogens with two attached hydrogens (primary N) is 1. The summed E-state index contributed by atoms with van der Waals surface area (Å²) in [5.74, 6) is 1.38.